The number of rotatable bonds is 9. The third-order valence-electron chi connectivity index (χ3n) is 6.94. The maximum atomic E-state index is 14.9. The van der Waals surface area contributed by atoms with Crippen molar-refractivity contribution in [2.45, 2.75) is 59.0 Å². The van der Waals surface area contributed by atoms with Crippen LogP contribution in [0.1, 0.15) is 54.5 Å². The molecule has 2 amide bonds. The Bertz CT molecular complexity index is 1230. The van der Waals surface area contributed by atoms with E-state index in [4.69, 9.17) is 4.52 Å². The van der Waals surface area contributed by atoms with E-state index in [9.17, 15) is 14.0 Å². The van der Waals surface area contributed by atoms with Crippen molar-refractivity contribution >= 4 is 17.6 Å². The average molecular weight is 481 g/mol. The molecule has 5 rings (SSSR count). The van der Waals surface area contributed by atoms with Gasteiger partial charge in [-0.3, -0.25) is 14.3 Å². The van der Waals surface area contributed by atoms with Crippen molar-refractivity contribution in [3.8, 4) is 11.1 Å². The molecule has 184 valence electrons. The summed E-state index contributed by atoms with van der Waals surface area (Å²) in [4.78, 5) is 30.5. The summed E-state index contributed by atoms with van der Waals surface area (Å²) >= 11 is 0. The van der Waals surface area contributed by atoms with Crippen LogP contribution in [0, 0.1) is 37.5 Å². The minimum Gasteiger partial charge on any atom is -0.361 e. The minimum atomic E-state index is -0.741. The first-order chi connectivity index (χ1) is 16.9. The first-order valence-electron chi connectivity index (χ1n) is 12.1. The highest BCUT2D eigenvalue weighted by atomic mass is 19.1. The van der Waals surface area contributed by atoms with Crippen molar-refractivity contribution in [3.05, 3.63) is 47.5 Å². The van der Waals surface area contributed by atoms with Crippen LogP contribution in [0.25, 0.3) is 11.1 Å². The number of amides is 2. The Labute approximate surface area is 202 Å². The second kappa shape index (κ2) is 9.24. The van der Waals surface area contributed by atoms with Crippen LogP contribution in [0.2, 0.25) is 0 Å². The molecule has 2 N–H and O–H groups in total. The van der Waals surface area contributed by atoms with E-state index in [0.29, 0.717) is 41.1 Å². The molecule has 2 saturated carbocycles. The van der Waals surface area contributed by atoms with Crippen LogP contribution in [-0.4, -0.2) is 37.8 Å². The number of halogens is 1. The van der Waals surface area contributed by atoms with Crippen molar-refractivity contribution in [2.75, 3.05) is 5.32 Å². The highest BCUT2D eigenvalue weighted by Gasteiger charge is 2.48. The van der Waals surface area contributed by atoms with Gasteiger partial charge in [0.2, 0.25) is 11.9 Å². The summed E-state index contributed by atoms with van der Waals surface area (Å²) in [5.41, 5.74) is 1.77. The van der Waals surface area contributed by atoms with Crippen LogP contribution >= 0.6 is 0 Å². The number of pyridine rings is 1. The van der Waals surface area contributed by atoms with Crippen molar-refractivity contribution in [1.82, 2.24) is 25.2 Å². The number of anilines is 1. The van der Waals surface area contributed by atoms with E-state index in [1.165, 1.54) is 0 Å². The van der Waals surface area contributed by atoms with Crippen molar-refractivity contribution < 1.29 is 18.5 Å². The molecule has 0 aliphatic heterocycles. The number of carbonyl (C=O) groups excluding carboxylic acids is 2. The van der Waals surface area contributed by atoms with E-state index in [1.807, 2.05) is 6.92 Å². The smallest absolute Gasteiger partial charge is 0.270 e. The van der Waals surface area contributed by atoms with E-state index in [0.717, 1.165) is 25.7 Å². The van der Waals surface area contributed by atoms with Gasteiger partial charge in [-0.05, 0) is 82.4 Å². The molecule has 0 unspecified atom stereocenters. The molecule has 0 bridgehead atoms. The molecule has 0 aromatic carbocycles. The van der Waals surface area contributed by atoms with Gasteiger partial charge in [-0.15, -0.1) is 0 Å². The van der Waals surface area contributed by atoms with Crippen LogP contribution in [0.3, 0.4) is 0 Å². The molecule has 0 spiro atoms. The predicted molar refractivity (Wildman–Crippen MR) is 126 cm³/mol. The van der Waals surface area contributed by atoms with Gasteiger partial charge < -0.3 is 15.2 Å². The zero-order valence-electron chi connectivity index (χ0n) is 20.0. The number of carbonyl (C=O) groups is 2. The van der Waals surface area contributed by atoms with E-state index >= 15 is 0 Å². The number of aromatic nitrogens is 4. The summed E-state index contributed by atoms with van der Waals surface area (Å²) in [6, 6.07) is 4.00. The predicted octanol–water partition coefficient (Wildman–Crippen LogP) is 3.88. The number of nitrogens with one attached hydrogen (secondary N) is 2. The highest BCUT2D eigenvalue weighted by molar-refractivity contribution is 6.00. The Morgan fingerprint density at radius 2 is 1.89 bits per heavy atom. The highest BCUT2D eigenvalue weighted by Crippen LogP contribution is 2.51. The number of aryl methyl sites for hydroxylation is 3. The Kier molecular flexibility index (Phi) is 6.12. The molecule has 2 aliphatic rings. The summed E-state index contributed by atoms with van der Waals surface area (Å²) in [6.07, 6.45) is 5.76. The second-order valence-electron chi connectivity index (χ2n) is 9.46. The third kappa shape index (κ3) is 4.69. The topological polar surface area (TPSA) is 115 Å². The summed E-state index contributed by atoms with van der Waals surface area (Å²) in [6.45, 7) is 5.88. The molecule has 3 heterocycles. The largest absolute Gasteiger partial charge is 0.361 e. The molecule has 3 aromatic rings. The van der Waals surface area contributed by atoms with Gasteiger partial charge in [0.15, 0.2) is 0 Å². The van der Waals surface area contributed by atoms with Gasteiger partial charge >= 0.3 is 0 Å². The standard InChI is InChI=1S/C25H29FN6O3/c1-4-32-18(11-12-27-32)24(33)30-22(21(15-5-6-15)16-7-8-16)25(34)29-19-10-9-17(23(26)28-19)20-13(2)31-35-14(20)3/h9-12,15-16,21-22H,4-8H2,1-3H3,(H,30,33)(H,28,29,34)/t22-/m1/s1. The average Bonchev–Trinajstić information content (AvgIpc) is 3.76. The van der Waals surface area contributed by atoms with Gasteiger partial charge in [0.05, 0.1) is 11.3 Å². The fourth-order valence-corrected chi connectivity index (χ4v) is 4.98. The molecular formula is C25H29FN6O3. The third-order valence-corrected chi connectivity index (χ3v) is 6.94. The molecule has 9 nitrogen and oxygen atoms in total. The van der Waals surface area contributed by atoms with Gasteiger partial charge in [-0.25, -0.2) is 4.98 Å². The van der Waals surface area contributed by atoms with Crippen molar-refractivity contribution in [2.24, 2.45) is 17.8 Å². The van der Waals surface area contributed by atoms with Gasteiger partial charge in [-0.2, -0.15) is 9.49 Å². The zero-order chi connectivity index (χ0) is 24.7. The van der Waals surface area contributed by atoms with Crippen LogP contribution in [0.15, 0.2) is 28.9 Å². The van der Waals surface area contributed by atoms with Gasteiger partial charge in [-0.1, -0.05) is 5.16 Å². The number of nitrogens with zero attached hydrogens (tertiary/aromatic N) is 4. The van der Waals surface area contributed by atoms with Crippen molar-refractivity contribution in [3.63, 3.8) is 0 Å². The van der Waals surface area contributed by atoms with Gasteiger partial charge in [0, 0.05) is 18.3 Å². The fraction of sp³-hybridized carbons (Fsp3) is 0.480. The number of hydrogen-bond acceptors (Lipinski definition) is 6. The Hall–Kier alpha value is -3.56. The Balaban J connectivity index is 1.38. The van der Waals surface area contributed by atoms with Crippen LogP contribution in [0.4, 0.5) is 10.2 Å². The van der Waals surface area contributed by atoms with E-state index in [-0.39, 0.29) is 29.1 Å². The molecule has 10 heteroatoms. The SMILES string of the molecule is CCn1nccc1C(=O)N[C@@H](C(=O)Nc1ccc(-c2c(C)noc2C)c(F)n1)C(C1CC1)C1CC1. The monoisotopic (exact) mass is 480 g/mol. The molecule has 0 saturated heterocycles. The quantitative estimate of drug-likeness (QED) is 0.449. The summed E-state index contributed by atoms with van der Waals surface area (Å²) in [7, 11) is 0. The lowest BCUT2D eigenvalue weighted by molar-refractivity contribution is -0.119. The fourth-order valence-electron chi connectivity index (χ4n) is 4.98. The molecule has 2 fully saturated rings. The zero-order valence-corrected chi connectivity index (χ0v) is 20.0. The summed E-state index contributed by atoms with van der Waals surface area (Å²) < 4.78 is 21.7. The Morgan fingerprint density at radius 3 is 2.46 bits per heavy atom. The lowest BCUT2D eigenvalue weighted by Gasteiger charge is -2.27. The van der Waals surface area contributed by atoms with Crippen molar-refractivity contribution in [1.29, 1.82) is 0 Å². The number of hydrogen-bond donors (Lipinski definition) is 2. The normalized spacial score (nSPS) is 16.4. The van der Waals surface area contributed by atoms with Crippen LogP contribution < -0.4 is 10.6 Å². The molecular weight excluding hydrogens is 451 g/mol. The van der Waals surface area contributed by atoms with Gasteiger partial charge in [0.1, 0.15) is 23.3 Å². The minimum absolute atomic E-state index is 0.0448. The first kappa shape index (κ1) is 23.2. The molecule has 3 aromatic heterocycles. The maximum absolute atomic E-state index is 14.9. The van der Waals surface area contributed by atoms with Crippen LogP contribution in [0.5, 0.6) is 0 Å². The van der Waals surface area contributed by atoms with E-state index < -0.39 is 12.0 Å². The Morgan fingerprint density at radius 1 is 1.17 bits per heavy atom. The molecule has 0 radical (unpaired) electrons. The summed E-state index contributed by atoms with van der Waals surface area (Å²) in [5.74, 6) is -0.0289. The molecule has 2 aliphatic carbocycles. The van der Waals surface area contributed by atoms with Gasteiger partial charge in [0.25, 0.3) is 5.91 Å². The lowest BCUT2D eigenvalue weighted by atomic mass is 9.88. The van der Waals surface area contributed by atoms with E-state index in [1.54, 1.807) is 42.9 Å². The second-order valence-corrected chi connectivity index (χ2v) is 9.46. The van der Waals surface area contributed by atoms with E-state index in [2.05, 4.69) is 25.9 Å². The van der Waals surface area contributed by atoms with Crippen LogP contribution in [-0.2, 0) is 11.3 Å². The molecule has 35 heavy (non-hydrogen) atoms. The summed E-state index contributed by atoms with van der Waals surface area (Å²) in [5, 5.41) is 13.7. The maximum Gasteiger partial charge on any atom is 0.270 e. The molecule has 1 atom stereocenters. The lowest BCUT2D eigenvalue weighted by Crippen LogP contribution is -2.50. The first-order valence-corrected chi connectivity index (χ1v) is 12.1.